The Kier molecular flexibility index (Phi) is 3.60. The minimum Gasteiger partial charge on any atom is -0.351 e. The van der Waals surface area contributed by atoms with Gasteiger partial charge in [-0.15, -0.1) is 0 Å². The highest BCUT2D eigenvalue weighted by molar-refractivity contribution is 5.98. The standard InChI is InChI=1S/C13H9F3N2O2/c1-2-12(19)17-9-5-3-8(4-6-9)10-7-11(20-18-10)13(14,15)16/h2-7H,1H2,(H,17,19). The number of rotatable bonds is 3. The molecule has 0 saturated heterocycles. The molecule has 1 aromatic carbocycles. The van der Waals surface area contributed by atoms with Crippen LogP contribution in [0.25, 0.3) is 11.3 Å². The highest BCUT2D eigenvalue weighted by atomic mass is 19.4. The van der Waals surface area contributed by atoms with Crippen LogP contribution in [0.4, 0.5) is 18.9 Å². The quantitative estimate of drug-likeness (QED) is 0.877. The maximum atomic E-state index is 12.4. The van der Waals surface area contributed by atoms with Crippen molar-refractivity contribution in [3.8, 4) is 11.3 Å². The van der Waals surface area contributed by atoms with Crippen molar-refractivity contribution in [3.63, 3.8) is 0 Å². The van der Waals surface area contributed by atoms with Gasteiger partial charge in [0.05, 0.1) is 0 Å². The van der Waals surface area contributed by atoms with E-state index in [1.54, 1.807) is 12.1 Å². The molecular formula is C13H9F3N2O2. The number of hydrogen-bond donors (Lipinski definition) is 1. The monoisotopic (exact) mass is 282 g/mol. The summed E-state index contributed by atoms with van der Waals surface area (Å²) < 4.78 is 41.4. The normalized spacial score (nSPS) is 11.2. The van der Waals surface area contributed by atoms with Gasteiger partial charge < -0.3 is 9.84 Å². The van der Waals surface area contributed by atoms with Crippen molar-refractivity contribution in [2.75, 3.05) is 5.32 Å². The van der Waals surface area contributed by atoms with E-state index >= 15 is 0 Å². The summed E-state index contributed by atoms with van der Waals surface area (Å²) in [7, 11) is 0. The van der Waals surface area contributed by atoms with E-state index in [1.807, 2.05) is 0 Å². The van der Waals surface area contributed by atoms with Crippen LogP contribution in [0.1, 0.15) is 5.76 Å². The summed E-state index contributed by atoms with van der Waals surface area (Å²) in [5.74, 6) is -1.53. The lowest BCUT2D eigenvalue weighted by Gasteiger charge is -2.02. The third-order valence-corrected chi connectivity index (χ3v) is 2.42. The Morgan fingerprint density at radius 1 is 1.30 bits per heavy atom. The average Bonchev–Trinajstić information content (AvgIpc) is 2.89. The number of amides is 1. The maximum Gasteiger partial charge on any atom is 0.452 e. The fourth-order valence-electron chi connectivity index (χ4n) is 1.46. The van der Waals surface area contributed by atoms with Crippen molar-refractivity contribution in [1.29, 1.82) is 0 Å². The molecule has 1 aromatic heterocycles. The number of hydrogen-bond acceptors (Lipinski definition) is 3. The van der Waals surface area contributed by atoms with Gasteiger partial charge in [-0.2, -0.15) is 13.2 Å². The van der Waals surface area contributed by atoms with Crippen LogP contribution >= 0.6 is 0 Å². The van der Waals surface area contributed by atoms with E-state index in [2.05, 4.69) is 21.6 Å². The molecule has 0 aliphatic carbocycles. The summed E-state index contributed by atoms with van der Waals surface area (Å²) in [5, 5.41) is 5.88. The van der Waals surface area contributed by atoms with Crippen LogP contribution < -0.4 is 5.32 Å². The highest BCUT2D eigenvalue weighted by Gasteiger charge is 2.36. The fraction of sp³-hybridized carbons (Fsp3) is 0.0769. The first-order valence-corrected chi connectivity index (χ1v) is 5.48. The van der Waals surface area contributed by atoms with Crippen molar-refractivity contribution in [1.82, 2.24) is 5.16 Å². The second-order valence-electron chi connectivity index (χ2n) is 3.84. The lowest BCUT2D eigenvalue weighted by Crippen LogP contribution is -2.06. The van der Waals surface area contributed by atoms with E-state index in [-0.39, 0.29) is 11.6 Å². The number of aromatic nitrogens is 1. The summed E-state index contributed by atoms with van der Waals surface area (Å²) in [6.07, 6.45) is -3.45. The van der Waals surface area contributed by atoms with Gasteiger partial charge in [-0.25, -0.2) is 0 Å². The minimum atomic E-state index is -4.57. The molecule has 4 nitrogen and oxygen atoms in total. The molecule has 2 rings (SSSR count). The largest absolute Gasteiger partial charge is 0.452 e. The van der Waals surface area contributed by atoms with Crippen LogP contribution in [0.3, 0.4) is 0 Å². The Bertz CT molecular complexity index is 630. The molecule has 1 N–H and O–H groups in total. The molecule has 0 fully saturated rings. The molecule has 104 valence electrons. The minimum absolute atomic E-state index is 0.0684. The number of nitrogens with one attached hydrogen (secondary N) is 1. The van der Waals surface area contributed by atoms with Crippen molar-refractivity contribution >= 4 is 11.6 Å². The van der Waals surface area contributed by atoms with Gasteiger partial charge in [0.25, 0.3) is 0 Å². The molecule has 0 bridgehead atoms. The molecular weight excluding hydrogens is 273 g/mol. The molecule has 1 heterocycles. The van der Waals surface area contributed by atoms with Gasteiger partial charge in [0.15, 0.2) is 0 Å². The molecule has 0 spiro atoms. The number of nitrogens with zero attached hydrogens (tertiary/aromatic N) is 1. The molecule has 0 radical (unpaired) electrons. The number of anilines is 1. The second-order valence-corrected chi connectivity index (χ2v) is 3.84. The van der Waals surface area contributed by atoms with Crippen LogP contribution in [-0.4, -0.2) is 11.1 Å². The molecule has 7 heteroatoms. The number of alkyl halides is 3. The number of benzene rings is 1. The molecule has 0 unspecified atom stereocenters. The zero-order valence-electron chi connectivity index (χ0n) is 10.1. The van der Waals surface area contributed by atoms with E-state index in [0.29, 0.717) is 11.3 Å². The van der Waals surface area contributed by atoms with Crippen LogP contribution in [0.2, 0.25) is 0 Å². The first-order valence-electron chi connectivity index (χ1n) is 5.48. The van der Waals surface area contributed by atoms with Crippen molar-refractivity contribution in [2.24, 2.45) is 0 Å². The van der Waals surface area contributed by atoms with E-state index in [9.17, 15) is 18.0 Å². The molecule has 0 aliphatic heterocycles. The lowest BCUT2D eigenvalue weighted by atomic mass is 10.1. The van der Waals surface area contributed by atoms with Gasteiger partial charge in [-0.1, -0.05) is 23.9 Å². The van der Waals surface area contributed by atoms with Crippen molar-refractivity contribution in [2.45, 2.75) is 6.18 Å². The van der Waals surface area contributed by atoms with Crippen LogP contribution in [-0.2, 0) is 11.0 Å². The average molecular weight is 282 g/mol. The number of carbonyl (C=O) groups excluding carboxylic acids is 1. The Hall–Kier alpha value is -2.57. The van der Waals surface area contributed by atoms with Crippen molar-refractivity contribution < 1.29 is 22.5 Å². The van der Waals surface area contributed by atoms with Gasteiger partial charge in [0.1, 0.15) is 5.69 Å². The predicted molar refractivity (Wildman–Crippen MR) is 65.8 cm³/mol. The third kappa shape index (κ3) is 3.05. The third-order valence-electron chi connectivity index (χ3n) is 2.42. The Morgan fingerprint density at radius 2 is 1.95 bits per heavy atom. The van der Waals surface area contributed by atoms with Crippen LogP contribution in [0.15, 0.2) is 47.5 Å². The van der Waals surface area contributed by atoms with Gasteiger partial charge >= 0.3 is 6.18 Å². The van der Waals surface area contributed by atoms with E-state index < -0.39 is 11.9 Å². The van der Waals surface area contributed by atoms with Crippen LogP contribution in [0.5, 0.6) is 0 Å². The maximum absolute atomic E-state index is 12.4. The van der Waals surface area contributed by atoms with Crippen LogP contribution in [0, 0.1) is 0 Å². The first kappa shape index (κ1) is 13.9. The summed E-state index contributed by atoms with van der Waals surface area (Å²) in [6, 6.07) is 6.95. The van der Waals surface area contributed by atoms with E-state index in [1.165, 1.54) is 12.1 Å². The molecule has 1 amide bonds. The van der Waals surface area contributed by atoms with E-state index in [4.69, 9.17) is 0 Å². The summed E-state index contributed by atoms with van der Waals surface area (Å²) >= 11 is 0. The van der Waals surface area contributed by atoms with Gasteiger partial charge in [-0.3, -0.25) is 4.79 Å². The van der Waals surface area contributed by atoms with Crippen molar-refractivity contribution in [3.05, 3.63) is 48.7 Å². The smallest absolute Gasteiger partial charge is 0.351 e. The topological polar surface area (TPSA) is 55.1 Å². The molecule has 20 heavy (non-hydrogen) atoms. The van der Waals surface area contributed by atoms with E-state index in [0.717, 1.165) is 12.1 Å². The summed E-state index contributed by atoms with van der Waals surface area (Å²) in [4.78, 5) is 11.1. The zero-order chi connectivity index (χ0) is 14.8. The van der Waals surface area contributed by atoms with Gasteiger partial charge in [0, 0.05) is 17.3 Å². The fourth-order valence-corrected chi connectivity index (χ4v) is 1.46. The highest BCUT2D eigenvalue weighted by Crippen LogP contribution is 2.32. The molecule has 2 aromatic rings. The molecule has 0 atom stereocenters. The second kappa shape index (κ2) is 5.20. The molecule has 0 aliphatic rings. The van der Waals surface area contributed by atoms with Gasteiger partial charge in [-0.05, 0) is 18.2 Å². The lowest BCUT2D eigenvalue weighted by molar-refractivity contribution is -0.155. The Morgan fingerprint density at radius 3 is 2.45 bits per heavy atom. The van der Waals surface area contributed by atoms with Gasteiger partial charge in [0.2, 0.25) is 11.7 Å². The molecule has 0 saturated carbocycles. The predicted octanol–water partition coefficient (Wildman–Crippen LogP) is 3.48. The zero-order valence-corrected chi connectivity index (χ0v) is 10.1. The summed E-state index contributed by atoms with van der Waals surface area (Å²) in [6.45, 7) is 3.31. The Labute approximate surface area is 111 Å². The first-order chi connectivity index (χ1) is 9.40. The SMILES string of the molecule is C=CC(=O)Nc1ccc(-c2cc(C(F)(F)F)on2)cc1. The Balaban J connectivity index is 2.20. The number of carbonyl (C=O) groups is 1. The number of halogens is 3. The summed E-state index contributed by atoms with van der Waals surface area (Å²) in [5.41, 5.74) is 1.01.